The van der Waals surface area contributed by atoms with Gasteiger partial charge in [-0.3, -0.25) is 4.90 Å². The SMILES string of the molecule is C=Cc1nc(C=C)nc(N(CC)CCOCCOCCN(CCOCCO)CCOC(C)C(=O)O)n1. The topological polar surface area (TPSA) is 140 Å². The number of carboxylic acid groups (broad SMARTS) is 1. The molecule has 12 nitrogen and oxygen atoms in total. The van der Waals surface area contributed by atoms with Crippen molar-refractivity contribution in [3.8, 4) is 0 Å². The van der Waals surface area contributed by atoms with Crippen LogP contribution in [-0.4, -0.2) is 128 Å². The van der Waals surface area contributed by atoms with E-state index in [4.69, 9.17) is 29.2 Å². The lowest BCUT2D eigenvalue weighted by Gasteiger charge is -2.23. The first-order valence-corrected chi connectivity index (χ1v) is 12.1. The summed E-state index contributed by atoms with van der Waals surface area (Å²) in [5.74, 6) is 0.566. The van der Waals surface area contributed by atoms with Crippen molar-refractivity contribution in [1.29, 1.82) is 0 Å². The average Bonchev–Trinajstić information content (AvgIpc) is 2.89. The van der Waals surface area contributed by atoms with E-state index in [9.17, 15) is 4.79 Å². The van der Waals surface area contributed by atoms with E-state index in [1.807, 2.05) is 11.8 Å². The van der Waals surface area contributed by atoms with Gasteiger partial charge in [0.2, 0.25) is 5.95 Å². The first-order chi connectivity index (χ1) is 17.4. The Morgan fingerprint density at radius 2 is 1.42 bits per heavy atom. The first-order valence-electron chi connectivity index (χ1n) is 12.1. The monoisotopic (exact) mass is 511 g/mol. The minimum Gasteiger partial charge on any atom is -0.479 e. The molecule has 12 heteroatoms. The number of aliphatic hydroxyl groups is 1. The van der Waals surface area contributed by atoms with Crippen LogP contribution in [0.1, 0.15) is 25.5 Å². The molecule has 2 N–H and O–H groups in total. The van der Waals surface area contributed by atoms with E-state index in [0.717, 1.165) is 0 Å². The summed E-state index contributed by atoms with van der Waals surface area (Å²) in [5.41, 5.74) is 0. The van der Waals surface area contributed by atoms with Crippen molar-refractivity contribution >= 4 is 24.1 Å². The molecule has 0 bridgehead atoms. The Bertz CT molecular complexity index is 742. The molecule has 1 heterocycles. The molecule has 0 aliphatic carbocycles. The van der Waals surface area contributed by atoms with Gasteiger partial charge >= 0.3 is 5.97 Å². The van der Waals surface area contributed by atoms with Crippen LogP contribution in [0.5, 0.6) is 0 Å². The van der Waals surface area contributed by atoms with E-state index >= 15 is 0 Å². The first kappa shape index (κ1) is 31.5. The third-order valence-electron chi connectivity index (χ3n) is 5.03. The number of nitrogens with zero attached hydrogens (tertiary/aromatic N) is 5. The van der Waals surface area contributed by atoms with Gasteiger partial charge in [0.1, 0.15) is 0 Å². The fraction of sp³-hybridized carbons (Fsp3) is 0.667. The van der Waals surface area contributed by atoms with Gasteiger partial charge in [-0.2, -0.15) is 9.97 Å². The molecule has 0 aromatic carbocycles. The Morgan fingerprint density at radius 3 is 1.92 bits per heavy atom. The van der Waals surface area contributed by atoms with Gasteiger partial charge in [-0.15, -0.1) is 0 Å². The van der Waals surface area contributed by atoms with Gasteiger partial charge in [0.05, 0.1) is 52.9 Å². The maximum atomic E-state index is 10.9. The molecule has 0 aliphatic heterocycles. The predicted octanol–water partition coefficient (Wildman–Crippen LogP) is 0.818. The standard InChI is InChI=1S/C24H41N5O7/c1-5-21-25-22(6-2)27-24(26-21)29(7-3)11-15-35-19-18-34-14-9-28(8-13-33-17-12-30)10-16-36-20(4)23(31)32/h5-6,20,30H,1-2,7-19H2,3-4H3,(H,31,32). The number of aliphatic carboxylic acids is 1. The number of hydrogen-bond acceptors (Lipinski definition) is 11. The van der Waals surface area contributed by atoms with Crippen LogP contribution < -0.4 is 4.90 Å². The lowest BCUT2D eigenvalue weighted by Crippen LogP contribution is -2.35. The molecular formula is C24H41N5O7. The van der Waals surface area contributed by atoms with Gasteiger partial charge in [-0.05, 0) is 26.0 Å². The fourth-order valence-corrected chi connectivity index (χ4v) is 2.94. The normalized spacial score (nSPS) is 12.0. The molecule has 1 aromatic heterocycles. The number of aromatic nitrogens is 3. The number of rotatable bonds is 23. The molecular weight excluding hydrogens is 470 g/mol. The number of carboxylic acids is 1. The van der Waals surface area contributed by atoms with Crippen LogP contribution in [0, 0.1) is 0 Å². The second-order valence-electron chi connectivity index (χ2n) is 7.59. The van der Waals surface area contributed by atoms with E-state index in [0.29, 0.717) is 83.4 Å². The van der Waals surface area contributed by atoms with Crippen molar-refractivity contribution in [3.63, 3.8) is 0 Å². The third kappa shape index (κ3) is 13.6. The Kier molecular flexibility index (Phi) is 17.2. The maximum Gasteiger partial charge on any atom is 0.332 e. The minimum absolute atomic E-state index is 0.0281. The summed E-state index contributed by atoms with van der Waals surface area (Å²) in [6, 6.07) is 0. The van der Waals surface area contributed by atoms with Crippen LogP contribution in [0.4, 0.5) is 5.95 Å². The molecule has 0 amide bonds. The van der Waals surface area contributed by atoms with Gasteiger partial charge in [0.25, 0.3) is 0 Å². The Hall–Kier alpha value is -2.48. The van der Waals surface area contributed by atoms with Crippen molar-refractivity contribution < 1.29 is 34.0 Å². The zero-order valence-corrected chi connectivity index (χ0v) is 21.5. The van der Waals surface area contributed by atoms with Crippen LogP contribution >= 0.6 is 0 Å². The molecule has 0 fully saturated rings. The fourth-order valence-electron chi connectivity index (χ4n) is 2.94. The van der Waals surface area contributed by atoms with Crippen LogP contribution in [-0.2, 0) is 23.7 Å². The summed E-state index contributed by atoms with van der Waals surface area (Å²) in [6.45, 7) is 16.9. The maximum absolute atomic E-state index is 10.9. The van der Waals surface area contributed by atoms with Crippen molar-refractivity contribution in [2.45, 2.75) is 20.0 Å². The molecule has 36 heavy (non-hydrogen) atoms. The molecule has 0 saturated carbocycles. The molecule has 0 spiro atoms. The van der Waals surface area contributed by atoms with E-state index < -0.39 is 12.1 Å². The van der Waals surface area contributed by atoms with Crippen molar-refractivity contribution in [2.24, 2.45) is 0 Å². The molecule has 204 valence electrons. The summed E-state index contributed by atoms with van der Waals surface area (Å²) in [4.78, 5) is 27.9. The van der Waals surface area contributed by atoms with Gasteiger partial charge < -0.3 is 34.1 Å². The summed E-state index contributed by atoms with van der Waals surface area (Å²) in [5, 5.41) is 17.8. The summed E-state index contributed by atoms with van der Waals surface area (Å²) in [7, 11) is 0. The number of carbonyl (C=O) groups is 1. The highest BCUT2D eigenvalue weighted by atomic mass is 16.5. The molecule has 0 aliphatic rings. The summed E-state index contributed by atoms with van der Waals surface area (Å²) in [6.07, 6.45) is 2.30. The smallest absolute Gasteiger partial charge is 0.332 e. The average molecular weight is 512 g/mol. The zero-order valence-electron chi connectivity index (χ0n) is 21.5. The zero-order chi connectivity index (χ0) is 26.6. The molecule has 1 rings (SSSR count). The quantitative estimate of drug-likeness (QED) is 0.201. The summed E-state index contributed by atoms with van der Waals surface area (Å²) < 4.78 is 22.0. The van der Waals surface area contributed by atoms with Gasteiger partial charge in [-0.1, -0.05) is 13.2 Å². The number of anilines is 1. The van der Waals surface area contributed by atoms with Gasteiger partial charge in [-0.25, -0.2) is 9.78 Å². The highest BCUT2D eigenvalue weighted by molar-refractivity contribution is 5.71. The van der Waals surface area contributed by atoms with Crippen LogP contribution in [0.3, 0.4) is 0 Å². The molecule has 1 unspecified atom stereocenters. The van der Waals surface area contributed by atoms with E-state index in [-0.39, 0.29) is 19.8 Å². The number of hydrogen-bond donors (Lipinski definition) is 2. The Balaban J connectivity index is 2.30. The van der Waals surface area contributed by atoms with Gasteiger partial charge in [0.15, 0.2) is 17.8 Å². The third-order valence-corrected chi connectivity index (χ3v) is 5.03. The molecule has 0 saturated heterocycles. The second-order valence-corrected chi connectivity index (χ2v) is 7.59. The molecule has 0 radical (unpaired) electrons. The van der Waals surface area contributed by atoms with Crippen LogP contribution in [0.2, 0.25) is 0 Å². The van der Waals surface area contributed by atoms with E-state index in [1.54, 1.807) is 12.2 Å². The minimum atomic E-state index is -0.991. The van der Waals surface area contributed by atoms with Crippen molar-refractivity contribution in [1.82, 2.24) is 19.9 Å². The largest absolute Gasteiger partial charge is 0.479 e. The lowest BCUT2D eigenvalue weighted by atomic mass is 10.4. The lowest BCUT2D eigenvalue weighted by molar-refractivity contribution is -0.149. The number of ether oxygens (including phenoxy) is 4. The number of aliphatic hydroxyl groups excluding tert-OH is 1. The van der Waals surface area contributed by atoms with E-state index in [2.05, 4.69) is 33.0 Å². The molecule has 1 aromatic rings. The van der Waals surface area contributed by atoms with Crippen molar-refractivity contribution in [3.05, 3.63) is 24.8 Å². The van der Waals surface area contributed by atoms with Crippen LogP contribution in [0.15, 0.2) is 13.2 Å². The van der Waals surface area contributed by atoms with Crippen LogP contribution in [0.25, 0.3) is 12.2 Å². The Labute approximate surface area is 213 Å². The predicted molar refractivity (Wildman–Crippen MR) is 137 cm³/mol. The second kappa shape index (κ2) is 19.7. The van der Waals surface area contributed by atoms with Gasteiger partial charge in [0, 0.05) is 32.7 Å². The Morgan fingerprint density at radius 1 is 0.889 bits per heavy atom. The van der Waals surface area contributed by atoms with Crippen molar-refractivity contribution in [2.75, 3.05) is 90.5 Å². The highest BCUT2D eigenvalue weighted by Crippen LogP contribution is 2.09. The number of likely N-dealkylation sites (N-methyl/N-ethyl adjacent to an activating group) is 1. The van der Waals surface area contributed by atoms with E-state index in [1.165, 1.54) is 6.92 Å². The highest BCUT2D eigenvalue weighted by Gasteiger charge is 2.13. The summed E-state index contributed by atoms with van der Waals surface area (Å²) >= 11 is 0. The molecule has 1 atom stereocenters.